The second-order valence-corrected chi connectivity index (χ2v) is 4.19. The first-order chi connectivity index (χ1) is 9.60. The van der Waals surface area contributed by atoms with Crippen molar-refractivity contribution in [3.8, 4) is 11.5 Å². The van der Waals surface area contributed by atoms with E-state index in [-0.39, 0.29) is 11.3 Å². The molecule has 0 saturated carbocycles. The summed E-state index contributed by atoms with van der Waals surface area (Å²) in [4.78, 5) is 11.4. The van der Waals surface area contributed by atoms with E-state index in [0.717, 1.165) is 0 Å². The lowest BCUT2D eigenvalue weighted by Crippen LogP contribution is -2.00. The van der Waals surface area contributed by atoms with Crippen molar-refractivity contribution in [2.45, 2.75) is 0 Å². The molecule has 0 aliphatic rings. The van der Waals surface area contributed by atoms with Crippen molar-refractivity contribution in [1.29, 1.82) is 0 Å². The third-order valence-electron chi connectivity index (χ3n) is 2.79. The monoisotopic (exact) mass is 270 g/mol. The minimum absolute atomic E-state index is 0.0918. The summed E-state index contributed by atoms with van der Waals surface area (Å²) in [5, 5.41) is 18.8. The molecule has 0 atom stereocenters. The summed E-state index contributed by atoms with van der Waals surface area (Å²) in [5.41, 5.74) is 1.29. The van der Waals surface area contributed by atoms with Crippen LogP contribution in [0.3, 0.4) is 0 Å². The van der Waals surface area contributed by atoms with Gasteiger partial charge in [0, 0.05) is 0 Å². The summed E-state index contributed by atoms with van der Waals surface area (Å²) >= 11 is 0. The van der Waals surface area contributed by atoms with Gasteiger partial charge in [-0.1, -0.05) is 24.3 Å². The maximum atomic E-state index is 11.4. The van der Waals surface area contributed by atoms with Crippen molar-refractivity contribution in [1.82, 2.24) is 0 Å². The lowest BCUT2D eigenvalue weighted by Gasteiger charge is -2.06. The first kappa shape index (κ1) is 13.7. The SMILES string of the molecule is COc1cccc(/C(=C/c2cccc(O)c2)C(=O)O)c1. The average Bonchev–Trinajstić information content (AvgIpc) is 2.44. The van der Waals surface area contributed by atoms with Crippen molar-refractivity contribution < 1.29 is 19.7 Å². The number of phenolic OH excluding ortho intramolecular Hbond substituents is 1. The first-order valence-corrected chi connectivity index (χ1v) is 5.98. The molecule has 2 aromatic carbocycles. The standard InChI is InChI=1S/C16H14O4/c1-20-14-7-3-5-12(10-14)15(16(18)19)9-11-4-2-6-13(17)8-11/h2-10,17H,1H3,(H,18,19)/b15-9-. The van der Waals surface area contributed by atoms with Crippen LogP contribution in [0, 0.1) is 0 Å². The zero-order valence-electron chi connectivity index (χ0n) is 10.9. The van der Waals surface area contributed by atoms with Gasteiger partial charge in [0.2, 0.25) is 0 Å². The molecule has 2 N–H and O–H groups in total. The number of hydrogen-bond donors (Lipinski definition) is 2. The largest absolute Gasteiger partial charge is 0.508 e. The van der Waals surface area contributed by atoms with E-state index in [2.05, 4.69) is 0 Å². The van der Waals surface area contributed by atoms with Crippen molar-refractivity contribution in [2.24, 2.45) is 0 Å². The summed E-state index contributed by atoms with van der Waals surface area (Å²) < 4.78 is 5.09. The molecular weight excluding hydrogens is 256 g/mol. The van der Waals surface area contributed by atoms with Gasteiger partial charge in [0.05, 0.1) is 12.7 Å². The van der Waals surface area contributed by atoms with E-state index in [1.165, 1.54) is 25.3 Å². The highest BCUT2D eigenvalue weighted by atomic mass is 16.5. The number of ether oxygens (including phenoxy) is 1. The predicted molar refractivity (Wildman–Crippen MR) is 76.6 cm³/mol. The molecule has 0 radical (unpaired) electrons. The molecule has 0 aliphatic carbocycles. The third-order valence-corrected chi connectivity index (χ3v) is 2.79. The summed E-state index contributed by atoms with van der Waals surface area (Å²) in [6.45, 7) is 0. The molecule has 0 heterocycles. The van der Waals surface area contributed by atoms with Crippen LogP contribution in [0.5, 0.6) is 11.5 Å². The number of carboxylic acids is 1. The maximum Gasteiger partial charge on any atom is 0.336 e. The molecule has 0 bridgehead atoms. The van der Waals surface area contributed by atoms with E-state index < -0.39 is 5.97 Å². The molecule has 20 heavy (non-hydrogen) atoms. The number of rotatable bonds is 4. The fourth-order valence-corrected chi connectivity index (χ4v) is 1.84. The highest BCUT2D eigenvalue weighted by molar-refractivity contribution is 6.20. The molecule has 0 fully saturated rings. The van der Waals surface area contributed by atoms with Crippen LogP contribution >= 0.6 is 0 Å². The highest BCUT2D eigenvalue weighted by Crippen LogP contribution is 2.23. The predicted octanol–water partition coefficient (Wildman–Crippen LogP) is 3.03. The Morgan fingerprint density at radius 1 is 1.15 bits per heavy atom. The van der Waals surface area contributed by atoms with Gasteiger partial charge in [-0.25, -0.2) is 4.79 Å². The molecule has 0 unspecified atom stereocenters. The van der Waals surface area contributed by atoms with Gasteiger partial charge in [-0.05, 0) is 41.5 Å². The first-order valence-electron chi connectivity index (χ1n) is 5.98. The molecule has 102 valence electrons. The van der Waals surface area contributed by atoms with Gasteiger partial charge in [-0.15, -0.1) is 0 Å². The summed E-state index contributed by atoms with van der Waals surface area (Å²) in [5.74, 6) is -0.360. The molecule has 0 aliphatic heterocycles. The molecule has 0 saturated heterocycles. The van der Waals surface area contributed by atoms with Crippen molar-refractivity contribution >= 4 is 17.6 Å². The number of benzene rings is 2. The van der Waals surface area contributed by atoms with E-state index in [1.807, 2.05) is 0 Å². The Morgan fingerprint density at radius 2 is 1.90 bits per heavy atom. The van der Waals surface area contributed by atoms with Crippen LogP contribution in [0.1, 0.15) is 11.1 Å². The van der Waals surface area contributed by atoms with E-state index in [1.54, 1.807) is 36.4 Å². The van der Waals surface area contributed by atoms with Gasteiger partial charge < -0.3 is 14.9 Å². The van der Waals surface area contributed by atoms with Gasteiger partial charge in [0.15, 0.2) is 0 Å². The summed E-state index contributed by atoms with van der Waals surface area (Å²) in [6.07, 6.45) is 1.51. The molecule has 2 rings (SSSR count). The zero-order chi connectivity index (χ0) is 14.5. The number of carbonyl (C=O) groups is 1. The Hall–Kier alpha value is -2.75. The normalized spacial score (nSPS) is 11.2. The topological polar surface area (TPSA) is 66.8 Å². The maximum absolute atomic E-state index is 11.4. The summed E-state index contributed by atoms with van der Waals surface area (Å²) in [6, 6.07) is 13.3. The van der Waals surface area contributed by atoms with Crippen LogP contribution in [0.25, 0.3) is 11.6 Å². The van der Waals surface area contributed by atoms with Crippen LogP contribution in [0.4, 0.5) is 0 Å². The number of aliphatic carboxylic acids is 1. The van der Waals surface area contributed by atoms with E-state index in [4.69, 9.17) is 4.74 Å². The fourth-order valence-electron chi connectivity index (χ4n) is 1.84. The van der Waals surface area contributed by atoms with Crippen LogP contribution in [0.2, 0.25) is 0 Å². The second kappa shape index (κ2) is 5.93. The Bertz CT molecular complexity index is 659. The Balaban J connectivity index is 2.48. The smallest absolute Gasteiger partial charge is 0.336 e. The Labute approximate surface area is 116 Å². The second-order valence-electron chi connectivity index (χ2n) is 4.19. The van der Waals surface area contributed by atoms with Gasteiger partial charge >= 0.3 is 5.97 Å². The molecule has 4 nitrogen and oxygen atoms in total. The molecule has 2 aromatic rings. The lowest BCUT2D eigenvalue weighted by atomic mass is 10.0. The number of methoxy groups -OCH3 is 1. The molecule has 0 aromatic heterocycles. The van der Waals surface area contributed by atoms with Crippen LogP contribution in [0.15, 0.2) is 48.5 Å². The van der Waals surface area contributed by atoms with Gasteiger partial charge in [-0.2, -0.15) is 0 Å². The van der Waals surface area contributed by atoms with Gasteiger partial charge in [0.25, 0.3) is 0 Å². The van der Waals surface area contributed by atoms with Crippen molar-refractivity contribution in [3.63, 3.8) is 0 Å². The molecule has 0 amide bonds. The van der Waals surface area contributed by atoms with Crippen molar-refractivity contribution in [2.75, 3.05) is 7.11 Å². The number of aromatic hydroxyl groups is 1. The van der Waals surface area contributed by atoms with E-state index in [0.29, 0.717) is 16.9 Å². The van der Waals surface area contributed by atoms with Gasteiger partial charge in [-0.3, -0.25) is 0 Å². The highest BCUT2D eigenvalue weighted by Gasteiger charge is 2.11. The van der Waals surface area contributed by atoms with E-state index >= 15 is 0 Å². The number of carboxylic acid groups (broad SMARTS) is 1. The van der Waals surface area contributed by atoms with E-state index in [9.17, 15) is 15.0 Å². The quantitative estimate of drug-likeness (QED) is 0.662. The molecule has 4 heteroatoms. The minimum Gasteiger partial charge on any atom is -0.508 e. The number of hydrogen-bond acceptors (Lipinski definition) is 3. The van der Waals surface area contributed by atoms with Crippen LogP contribution in [-0.2, 0) is 4.79 Å². The lowest BCUT2D eigenvalue weighted by molar-refractivity contribution is -0.130. The third kappa shape index (κ3) is 3.17. The van der Waals surface area contributed by atoms with Crippen LogP contribution in [-0.4, -0.2) is 23.3 Å². The Morgan fingerprint density at radius 3 is 2.55 bits per heavy atom. The zero-order valence-corrected chi connectivity index (χ0v) is 10.9. The minimum atomic E-state index is -1.04. The summed E-state index contributed by atoms with van der Waals surface area (Å²) in [7, 11) is 1.53. The van der Waals surface area contributed by atoms with Crippen LogP contribution < -0.4 is 4.74 Å². The van der Waals surface area contributed by atoms with Gasteiger partial charge in [0.1, 0.15) is 11.5 Å². The van der Waals surface area contributed by atoms with Crippen molar-refractivity contribution in [3.05, 3.63) is 59.7 Å². The number of phenols is 1. The fraction of sp³-hybridized carbons (Fsp3) is 0.0625. The molecule has 0 spiro atoms. The Kier molecular flexibility index (Phi) is 4.05. The average molecular weight is 270 g/mol. The molecular formula is C16H14O4.